The SMILES string of the molecule is CCCCC(CC)Cn1cc(C(CC(=O)NC2CCNCC2)C2CCNCC2)c2ccccc21. The summed E-state index contributed by atoms with van der Waals surface area (Å²) in [5.41, 5.74) is 2.73. The molecule has 0 bridgehead atoms. The van der Waals surface area contributed by atoms with Crippen molar-refractivity contribution >= 4 is 16.8 Å². The highest BCUT2D eigenvalue weighted by Gasteiger charge is 2.30. The normalized spacial score (nSPS) is 19.8. The van der Waals surface area contributed by atoms with Crippen LogP contribution < -0.4 is 16.0 Å². The van der Waals surface area contributed by atoms with E-state index in [4.69, 9.17) is 0 Å². The Morgan fingerprint density at radius 1 is 1.06 bits per heavy atom. The molecule has 5 heteroatoms. The molecule has 3 heterocycles. The molecule has 0 spiro atoms. The zero-order valence-electron chi connectivity index (χ0n) is 21.5. The van der Waals surface area contributed by atoms with Crippen LogP contribution in [0.2, 0.25) is 0 Å². The zero-order valence-corrected chi connectivity index (χ0v) is 21.5. The number of rotatable bonds is 11. The number of para-hydroxylation sites is 1. The number of nitrogens with zero attached hydrogens (tertiary/aromatic N) is 1. The van der Waals surface area contributed by atoms with E-state index in [-0.39, 0.29) is 11.8 Å². The summed E-state index contributed by atoms with van der Waals surface area (Å²) >= 11 is 0. The first-order valence-electron chi connectivity index (χ1n) is 14.0. The van der Waals surface area contributed by atoms with Gasteiger partial charge in [-0.15, -0.1) is 0 Å². The van der Waals surface area contributed by atoms with Crippen molar-refractivity contribution in [3.05, 3.63) is 36.0 Å². The number of unbranched alkanes of at least 4 members (excludes halogenated alkanes) is 1. The zero-order chi connectivity index (χ0) is 23.8. The first kappa shape index (κ1) is 25.2. The molecule has 1 aromatic carbocycles. The van der Waals surface area contributed by atoms with Crippen molar-refractivity contribution in [2.24, 2.45) is 11.8 Å². The van der Waals surface area contributed by atoms with Crippen molar-refractivity contribution in [1.29, 1.82) is 0 Å². The number of carbonyl (C=O) groups is 1. The minimum absolute atomic E-state index is 0.238. The predicted molar refractivity (Wildman–Crippen MR) is 142 cm³/mol. The van der Waals surface area contributed by atoms with E-state index in [2.05, 4.69) is 64.8 Å². The first-order chi connectivity index (χ1) is 16.7. The standard InChI is InChI=1S/C29H46N4O/c1-3-5-8-22(4-2)20-33-21-27(25-9-6-7-10-28(25)33)26(23-11-15-30-16-12-23)19-29(34)32-24-13-17-31-18-14-24/h6-7,9-10,21-24,26,30-31H,3-5,8,11-20H2,1-2H3,(H,32,34). The van der Waals surface area contributed by atoms with Crippen LogP contribution >= 0.6 is 0 Å². The van der Waals surface area contributed by atoms with Gasteiger partial charge in [0.05, 0.1) is 0 Å². The van der Waals surface area contributed by atoms with Gasteiger partial charge in [-0.05, 0) is 87.7 Å². The highest BCUT2D eigenvalue weighted by atomic mass is 16.1. The molecule has 2 aliphatic heterocycles. The van der Waals surface area contributed by atoms with E-state index in [1.54, 1.807) is 0 Å². The highest BCUT2D eigenvalue weighted by Crippen LogP contribution is 2.39. The lowest BCUT2D eigenvalue weighted by molar-refractivity contribution is -0.122. The molecule has 1 aromatic heterocycles. The lowest BCUT2D eigenvalue weighted by Gasteiger charge is -2.31. The maximum atomic E-state index is 13.3. The predicted octanol–water partition coefficient (Wildman–Crippen LogP) is 5.20. The van der Waals surface area contributed by atoms with Crippen molar-refractivity contribution in [2.45, 2.75) is 90.1 Å². The quantitative estimate of drug-likeness (QED) is 0.427. The Labute approximate surface area is 206 Å². The second kappa shape index (κ2) is 12.7. The molecule has 2 unspecified atom stereocenters. The first-order valence-corrected chi connectivity index (χ1v) is 14.0. The van der Waals surface area contributed by atoms with Gasteiger partial charge < -0.3 is 20.5 Å². The van der Waals surface area contributed by atoms with Gasteiger partial charge in [0.1, 0.15) is 0 Å². The average Bonchev–Trinajstić information content (AvgIpc) is 3.24. The van der Waals surface area contributed by atoms with Gasteiger partial charge in [0, 0.05) is 36.1 Å². The molecule has 2 aromatic rings. The molecule has 2 aliphatic rings. The van der Waals surface area contributed by atoms with Crippen LogP contribution in [0.1, 0.15) is 83.1 Å². The van der Waals surface area contributed by atoms with Crippen LogP contribution in [-0.2, 0) is 11.3 Å². The molecule has 188 valence electrons. The Balaban J connectivity index is 1.60. The number of benzene rings is 1. The average molecular weight is 467 g/mol. The number of amides is 1. The summed E-state index contributed by atoms with van der Waals surface area (Å²) in [4.78, 5) is 13.3. The molecule has 34 heavy (non-hydrogen) atoms. The van der Waals surface area contributed by atoms with Crippen LogP contribution in [0.5, 0.6) is 0 Å². The fraction of sp³-hybridized carbons (Fsp3) is 0.690. The second-order valence-corrected chi connectivity index (χ2v) is 10.7. The molecule has 1 amide bonds. The minimum atomic E-state index is 0.238. The third kappa shape index (κ3) is 6.42. The topological polar surface area (TPSA) is 58.1 Å². The lowest BCUT2D eigenvalue weighted by Crippen LogP contribution is -2.43. The van der Waals surface area contributed by atoms with Crippen molar-refractivity contribution < 1.29 is 4.79 Å². The van der Waals surface area contributed by atoms with Crippen molar-refractivity contribution in [2.75, 3.05) is 26.2 Å². The number of nitrogens with one attached hydrogen (secondary N) is 3. The van der Waals surface area contributed by atoms with Gasteiger partial charge >= 0.3 is 0 Å². The van der Waals surface area contributed by atoms with E-state index < -0.39 is 0 Å². The summed E-state index contributed by atoms with van der Waals surface area (Å²) in [6, 6.07) is 9.22. The van der Waals surface area contributed by atoms with E-state index in [0.29, 0.717) is 24.3 Å². The van der Waals surface area contributed by atoms with Gasteiger partial charge in [-0.1, -0.05) is 51.3 Å². The Morgan fingerprint density at radius 3 is 2.47 bits per heavy atom. The molecule has 0 saturated carbocycles. The van der Waals surface area contributed by atoms with E-state index >= 15 is 0 Å². The second-order valence-electron chi connectivity index (χ2n) is 10.7. The summed E-state index contributed by atoms with van der Waals surface area (Å²) in [5.74, 6) is 1.79. The van der Waals surface area contributed by atoms with Crippen molar-refractivity contribution in [1.82, 2.24) is 20.5 Å². The summed E-state index contributed by atoms with van der Waals surface area (Å²) in [5, 5.41) is 11.7. The third-order valence-corrected chi connectivity index (χ3v) is 8.28. The largest absolute Gasteiger partial charge is 0.353 e. The van der Waals surface area contributed by atoms with E-state index in [0.717, 1.165) is 58.4 Å². The Bertz CT molecular complexity index is 895. The van der Waals surface area contributed by atoms with Gasteiger partial charge in [0.15, 0.2) is 0 Å². The molecule has 0 aliphatic carbocycles. The maximum absolute atomic E-state index is 13.3. The number of hydrogen-bond acceptors (Lipinski definition) is 3. The molecular weight excluding hydrogens is 420 g/mol. The van der Waals surface area contributed by atoms with Gasteiger partial charge in [-0.3, -0.25) is 4.79 Å². The number of carbonyl (C=O) groups excluding carboxylic acids is 1. The Kier molecular flexibility index (Phi) is 9.46. The van der Waals surface area contributed by atoms with Crippen molar-refractivity contribution in [3.8, 4) is 0 Å². The number of piperidine rings is 2. The van der Waals surface area contributed by atoms with E-state index in [1.165, 1.54) is 42.1 Å². The molecule has 2 saturated heterocycles. The fourth-order valence-electron chi connectivity index (χ4n) is 6.15. The molecule has 3 N–H and O–H groups in total. The summed E-state index contributed by atoms with van der Waals surface area (Å²) in [7, 11) is 0. The summed E-state index contributed by atoms with van der Waals surface area (Å²) < 4.78 is 2.51. The molecule has 5 nitrogen and oxygen atoms in total. The minimum Gasteiger partial charge on any atom is -0.353 e. The van der Waals surface area contributed by atoms with Crippen molar-refractivity contribution in [3.63, 3.8) is 0 Å². The third-order valence-electron chi connectivity index (χ3n) is 8.28. The molecule has 2 fully saturated rings. The van der Waals surface area contributed by atoms with E-state index in [9.17, 15) is 4.79 Å². The van der Waals surface area contributed by atoms with Gasteiger partial charge in [0.25, 0.3) is 0 Å². The van der Waals surface area contributed by atoms with Crippen LogP contribution in [0, 0.1) is 11.8 Å². The number of hydrogen-bond donors (Lipinski definition) is 3. The summed E-state index contributed by atoms with van der Waals surface area (Å²) in [6.07, 6.45) is 12.5. The van der Waals surface area contributed by atoms with Crippen LogP contribution in [0.4, 0.5) is 0 Å². The van der Waals surface area contributed by atoms with Gasteiger partial charge in [-0.2, -0.15) is 0 Å². The smallest absolute Gasteiger partial charge is 0.220 e. The van der Waals surface area contributed by atoms with Gasteiger partial charge in [-0.25, -0.2) is 0 Å². The summed E-state index contributed by atoms with van der Waals surface area (Å²) in [6.45, 7) is 9.83. The highest BCUT2D eigenvalue weighted by molar-refractivity contribution is 5.86. The maximum Gasteiger partial charge on any atom is 0.220 e. The number of fused-ring (bicyclic) bond motifs is 1. The fourth-order valence-corrected chi connectivity index (χ4v) is 6.15. The van der Waals surface area contributed by atoms with Crippen LogP contribution in [0.25, 0.3) is 10.9 Å². The van der Waals surface area contributed by atoms with E-state index in [1.807, 2.05) is 0 Å². The molecule has 4 rings (SSSR count). The monoisotopic (exact) mass is 466 g/mol. The molecular formula is C29H46N4O. The van der Waals surface area contributed by atoms with Crippen LogP contribution in [0.15, 0.2) is 30.5 Å². The molecule has 2 atom stereocenters. The molecule has 0 radical (unpaired) electrons. The number of aromatic nitrogens is 1. The Hall–Kier alpha value is -1.85. The lowest BCUT2D eigenvalue weighted by atomic mass is 9.78. The van der Waals surface area contributed by atoms with Crippen LogP contribution in [0.3, 0.4) is 0 Å². The van der Waals surface area contributed by atoms with Crippen LogP contribution in [-0.4, -0.2) is 42.7 Å². The van der Waals surface area contributed by atoms with Gasteiger partial charge in [0.2, 0.25) is 5.91 Å². The Morgan fingerprint density at radius 2 is 1.76 bits per heavy atom.